The molecule has 0 fully saturated rings. The third kappa shape index (κ3) is 2.42. The van der Waals surface area contributed by atoms with Gasteiger partial charge in [0.15, 0.2) is 5.88 Å². The summed E-state index contributed by atoms with van der Waals surface area (Å²) in [6, 6.07) is 9.97. The van der Waals surface area contributed by atoms with Gasteiger partial charge in [-0.3, -0.25) is 0 Å². The summed E-state index contributed by atoms with van der Waals surface area (Å²) < 4.78 is 39.7. The van der Waals surface area contributed by atoms with Gasteiger partial charge in [0.05, 0.1) is 34.0 Å². The number of benzene rings is 2. The normalized spacial score (nSPS) is 11.8. The summed E-state index contributed by atoms with van der Waals surface area (Å²) in [6.45, 7) is 0. The third-order valence-corrected chi connectivity index (χ3v) is 4.36. The van der Waals surface area contributed by atoms with Crippen molar-refractivity contribution in [1.82, 2.24) is 9.97 Å². The summed E-state index contributed by atoms with van der Waals surface area (Å²) in [5.41, 5.74) is -0.523. The van der Waals surface area contributed by atoms with E-state index in [1.54, 1.807) is 6.07 Å². The minimum atomic E-state index is -4.62. The van der Waals surface area contributed by atoms with Gasteiger partial charge in [0, 0.05) is 16.3 Å². The smallest absolute Gasteiger partial charge is 0.418 e. The van der Waals surface area contributed by atoms with Crippen molar-refractivity contribution >= 4 is 27.5 Å². The number of hydrogen-bond acceptors (Lipinski definition) is 4. The van der Waals surface area contributed by atoms with Crippen LogP contribution in [0.2, 0.25) is 0 Å². The fourth-order valence-corrected chi connectivity index (χ4v) is 3.22. The van der Waals surface area contributed by atoms with E-state index in [1.165, 1.54) is 24.3 Å². The predicted molar refractivity (Wildman–Crippen MR) is 92.4 cm³/mol. The molecule has 0 radical (unpaired) electrons. The van der Waals surface area contributed by atoms with Crippen LogP contribution in [0.25, 0.3) is 33.1 Å². The lowest BCUT2D eigenvalue weighted by atomic mass is 10.0. The molecule has 9 heteroatoms. The van der Waals surface area contributed by atoms with Gasteiger partial charge in [-0.1, -0.05) is 12.1 Å². The van der Waals surface area contributed by atoms with Crippen LogP contribution in [0.1, 0.15) is 11.1 Å². The van der Waals surface area contributed by atoms with Crippen molar-refractivity contribution in [3.63, 3.8) is 0 Å². The van der Waals surface area contributed by atoms with Gasteiger partial charge in [-0.25, -0.2) is 0 Å². The Morgan fingerprint density at radius 1 is 1.11 bits per heavy atom. The lowest BCUT2D eigenvalue weighted by Crippen LogP contribution is -2.05. The van der Waals surface area contributed by atoms with Crippen molar-refractivity contribution in [2.45, 2.75) is 6.18 Å². The first-order chi connectivity index (χ1) is 12.8. The zero-order valence-corrected chi connectivity index (χ0v) is 13.3. The molecule has 4 aromatic rings. The molecule has 6 nitrogen and oxygen atoms in total. The van der Waals surface area contributed by atoms with Crippen LogP contribution < -0.4 is 0 Å². The average Bonchev–Trinajstić information content (AvgIpc) is 3.15. The SMILES string of the molecule is N#Cc1ccc2[nH]c(-c3c(O)[nH]c4c(C(F)(F)F)cccc34)c(N=O)c2c1. The predicted octanol–water partition coefficient (Wildman–Crippen LogP) is 5.31. The highest BCUT2D eigenvalue weighted by Crippen LogP contribution is 2.46. The Bertz CT molecular complexity index is 1260. The number of nitriles is 1. The van der Waals surface area contributed by atoms with Crippen LogP contribution in [0.3, 0.4) is 0 Å². The van der Waals surface area contributed by atoms with E-state index < -0.39 is 17.6 Å². The van der Waals surface area contributed by atoms with Crippen molar-refractivity contribution in [2.75, 3.05) is 0 Å². The fraction of sp³-hybridized carbons (Fsp3) is 0.0556. The van der Waals surface area contributed by atoms with Crippen LogP contribution >= 0.6 is 0 Å². The molecule has 3 N–H and O–H groups in total. The highest BCUT2D eigenvalue weighted by Gasteiger charge is 2.34. The number of nitrogens with zero attached hydrogens (tertiary/aromatic N) is 2. The molecule has 0 amide bonds. The van der Waals surface area contributed by atoms with Gasteiger partial charge in [0.25, 0.3) is 0 Å². The number of para-hydroxylation sites is 1. The number of halogens is 3. The number of hydrogen-bond donors (Lipinski definition) is 3. The summed E-state index contributed by atoms with van der Waals surface area (Å²) in [5, 5.41) is 22.7. The van der Waals surface area contributed by atoms with Gasteiger partial charge >= 0.3 is 6.18 Å². The number of alkyl halides is 3. The molecule has 134 valence electrons. The Morgan fingerprint density at radius 2 is 1.89 bits per heavy atom. The number of aromatic nitrogens is 2. The highest BCUT2D eigenvalue weighted by atomic mass is 19.4. The van der Waals surface area contributed by atoms with Crippen molar-refractivity contribution in [3.05, 3.63) is 52.4 Å². The zero-order valence-electron chi connectivity index (χ0n) is 13.3. The molecule has 0 saturated carbocycles. The standard InChI is InChI=1S/C18H9F3N4O2/c19-18(20,21)11-3-1-2-9-13(17(26)24-14(9)11)16-15(25-27)10-6-8(7-22)4-5-12(10)23-16/h1-6,23-24,26H. The van der Waals surface area contributed by atoms with E-state index in [0.717, 1.165) is 6.07 Å². The number of rotatable bonds is 2. The van der Waals surface area contributed by atoms with Gasteiger partial charge in [0.1, 0.15) is 5.69 Å². The minimum Gasteiger partial charge on any atom is -0.494 e. The van der Waals surface area contributed by atoms with E-state index in [1.807, 2.05) is 6.07 Å². The summed E-state index contributed by atoms with van der Waals surface area (Å²) >= 11 is 0. The topological polar surface area (TPSA) is 105 Å². The first kappa shape index (κ1) is 16.7. The van der Waals surface area contributed by atoms with Crippen LogP contribution in [-0.4, -0.2) is 15.1 Å². The van der Waals surface area contributed by atoms with Crippen molar-refractivity contribution < 1.29 is 18.3 Å². The zero-order chi connectivity index (χ0) is 19.3. The largest absolute Gasteiger partial charge is 0.494 e. The molecule has 0 saturated heterocycles. The lowest BCUT2D eigenvalue weighted by molar-refractivity contribution is -0.136. The Balaban J connectivity index is 2.08. The number of fused-ring (bicyclic) bond motifs is 2. The van der Waals surface area contributed by atoms with E-state index in [4.69, 9.17) is 5.26 Å². The molecule has 2 heterocycles. The number of nitrogens with one attached hydrogen (secondary N) is 2. The molecule has 4 rings (SSSR count). The van der Waals surface area contributed by atoms with Gasteiger partial charge in [-0.2, -0.15) is 18.4 Å². The van der Waals surface area contributed by atoms with Gasteiger partial charge in [-0.05, 0) is 29.4 Å². The monoisotopic (exact) mass is 370 g/mol. The Kier molecular flexibility index (Phi) is 3.46. The van der Waals surface area contributed by atoms with Crippen LogP contribution in [0.4, 0.5) is 18.9 Å². The second-order valence-corrected chi connectivity index (χ2v) is 5.89. The number of aromatic hydroxyl groups is 1. The van der Waals surface area contributed by atoms with E-state index in [0.29, 0.717) is 16.5 Å². The molecule has 0 unspecified atom stereocenters. The third-order valence-electron chi connectivity index (χ3n) is 4.36. The molecular formula is C18H9F3N4O2. The lowest BCUT2D eigenvalue weighted by Gasteiger charge is -2.07. The molecule has 0 aliphatic heterocycles. The second kappa shape index (κ2) is 5.60. The maximum atomic E-state index is 13.2. The second-order valence-electron chi connectivity index (χ2n) is 5.89. The first-order valence-corrected chi connectivity index (χ1v) is 7.65. The number of H-pyrrole nitrogens is 2. The maximum absolute atomic E-state index is 13.2. The van der Waals surface area contributed by atoms with Gasteiger partial charge in [0.2, 0.25) is 0 Å². The Hall–Kier alpha value is -3.80. The Morgan fingerprint density at radius 3 is 2.56 bits per heavy atom. The molecule has 2 aromatic heterocycles. The van der Waals surface area contributed by atoms with E-state index in [2.05, 4.69) is 15.1 Å². The maximum Gasteiger partial charge on any atom is 0.418 e. The molecule has 0 spiro atoms. The van der Waals surface area contributed by atoms with Crippen molar-refractivity contribution in [3.8, 4) is 23.2 Å². The minimum absolute atomic E-state index is 0.000377. The van der Waals surface area contributed by atoms with Crippen LogP contribution in [0.15, 0.2) is 41.6 Å². The molecule has 27 heavy (non-hydrogen) atoms. The summed E-state index contributed by atoms with van der Waals surface area (Å²) in [5.74, 6) is -0.529. The van der Waals surface area contributed by atoms with E-state index in [9.17, 15) is 23.2 Å². The van der Waals surface area contributed by atoms with Crippen molar-refractivity contribution in [2.24, 2.45) is 5.18 Å². The number of aromatic amines is 2. The Labute approximate surface area is 148 Å². The molecular weight excluding hydrogens is 361 g/mol. The van der Waals surface area contributed by atoms with Crippen LogP contribution in [0.5, 0.6) is 5.88 Å². The van der Waals surface area contributed by atoms with Crippen molar-refractivity contribution in [1.29, 1.82) is 5.26 Å². The molecule has 2 aromatic carbocycles. The highest BCUT2D eigenvalue weighted by molar-refractivity contribution is 6.08. The summed E-state index contributed by atoms with van der Waals surface area (Å²) in [4.78, 5) is 16.7. The average molecular weight is 370 g/mol. The fourth-order valence-electron chi connectivity index (χ4n) is 3.22. The van der Waals surface area contributed by atoms with Gasteiger partial charge in [-0.15, -0.1) is 4.91 Å². The molecule has 0 aliphatic carbocycles. The van der Waals surface area contributed by atoms with E-state index >= 15 is 0 Å². The van der Waals surface area contributed by atoms with Crippen LogP contribution in [-0.2, 0) is 6.18 Å². The molecule has 0 atom stereocenters. The van der Waals surface area contributed by atoms with E-state index in [-0.39, 0.29) is 27.8 Å². The molecule has 0 bridgehead atoms. The summed E-state index contributed by atoms with van der Waals surface area (Å²) in [7, 11) is 0. The van der Waals surface area contributed by atoms with Crippen LogP contribution in [0, 0.1) is 16.2 Å². The quantitative estimate of drug-likeness (QED) is 0.416. The molecule has 0 aliphatic rings. The van der Waals surface area contributed by atoms with Gasteiger partial charge < -0.3 is 15.1 Å². The number of nitroso groups, excluding NO2 is 1. The first-order valence-electron chi connectivity index (χ1n) is 7.65. The summed E-state index contributed by atoms with van der Waals surface area (Å²) in [6.07, 6.45) is -4.62.